The summed E-state index contributed by atoms with van der Waals surface area (Å²) >= 11 is 0. The highest BCUT2D eigenvalue weighted by atomic mass is 16.6. The van der Waals surface area contributed by atoms with E-state index < -0.39 is 18.7 Å². The second-order valence-corrected chi connectivity index (χ2v) is 5.27. The Kier molecular flexibility index (Phi) is 4.78. The number of ether oxygens (including phenoxy) is 1. The van der Waals surface area contributed by atoms with Crippen LogP contribution in [0, 0.1) is 6.92 Å². The van der Waals surface area contributed by atoms with Crippen molar-refractivity contribution in [3.8, 4) is 0 Å². The molecular weight excluding hydrogens is 261 g/mol. The quantitative estimate of drug-likeness (QED) is 0.287. The molecule has 20 heavy (non-hydrogen) atoms. The first-order chi connectivity index (χ1) is 9.15. The summed E-state index contributed by atoms with van der Waals surface area (Å²) in [5.74, 6) is -0.631. The minimum absolute atomic E-state index is 0.0933. The first-order valence-corrected chi connectivity index (χ1v) is 5.95. The van der Waals surface area contributed by atoms with Gasteiger partial charge in [0, 0.05) is 10.6 Å². The lowest BCUT2D eigenvalue weighted by Gasteiger charge is -2.20. The third-order valence-electron chi connectivity index (χ3n) is 2.49. The van der Waals surface area contributed by atoms with Crippen LogP contribution in [0.15, 0.2) is 17.2 Å². The fraction of sp³-hybridized carbons (Fsp3) is 0.417. The average molecular weight is 277 g/mol. The summed E-state index contributed by atoms with van der Waals surface area (Å²) in [5.41, 5.74) is 8.56. The number of azide groups is 1. The minimum Gasteiger partial charge on any atom is -0.456 e. The van der Waals surface area contributed by atoms with E-state index in [1.165, 1.54) is 12.1 Å². The smallest absolute Gasteiger partial charge is 0.456 e. The average Bonchev–Trinajstić information content (AvgIpc) is 2.29. The molecule has 1 rings (SSSR count). The van der Waals surface area contributed by atoms with Crippen LogP contribution in [0.25, 0.3) is 10.4 Å². The molecule has 0 saturated heterocycles. The van der Waals surface area contributed by atoms with Gasteiger partial charge in [0.15, 0.2) is 0 Å². The van der Waals surface area contributed by atoms with Crippen molar-refractivity contribution in [2.75, 3.05) is 0 Å². The summed E-state index contributed by atoms with van der Waals surface area (Å²) in [6.45, 7) is 6.72. The molecule has 0 amide bonds. The summed E-state index contributed by atoms with van der Waals surface area (Å²) in [4.78, 5) is 14.6. The van der Waals surface area contributed by atoms with Gasteiger partial charge in [-0.05, 0) is 56.4 Å². The molecule has 0 bridgehead atoms. The van der Waals surface area contributed by atoms with E-state index in [-0.39, 0.29) is 16.7 Å². The Morgan fingerprint density at radius 2 is 2.00 bits per heavy atom. The maximum absolute atomic E-state index is 12.0. The molecule has 0 radical (unpaired) electrons. The molecule has 0 unspecified atom stereocenters. The van der Waals surface area contributed by atoms with Gasteiger partial charge in [-0.15, -0.1) is 0 Å². The topological polar surface area (TPSA) is 116 Å². The lowest BCUT2D eigenvalue weighted by molar-refractivity contribution is 0.00697. The van der Waals surface area contributed by atoms with Crippen LogP contribution < -0.4 is 5.46 Å². The molecule has 0 spiro atoms. The van der Waals surface area contributed by atoms with E-state index >= 15 is 0 Å². The normalized spacial score (nSPS) is 10.7. The molecule has 0 aliphatic heterocycles. The highest BCUT2D eigenvalue weighted by Crippen LogP contribution is 2.21. The molecule has 0 aliphatic carbocycles. The van der Waals surface area contributed by atoms with Gasteiger partial charge in [-0.2, -0.15) is 0 Å². The third-order valence-corrected chi connectivity index (χ3v) is 2.49. The van der Waals surface area contributed by atoms with Crippen molar-refractivity contribution in [1.29, 1.82) is 0 Å². The summed E-state index contributed by atoms with van der Waals surface area (Å²) in [7, 11) is -1.77. The van der Waals surface area contributed by atoms with Crippen LogP contribution in [0.2, 0.25) is 0 Å². The number of benzene rings is 1. The van der Waals surface area contributed by atoms with Gasteiger partial charge in [0.25, 0.3) is 0 Å². The molecule has 7 nitrogen and oxygen atoms in total. The zero-order chi connectivity index (χ0) is 15.5. The Labute approximate surface area is 117 Å². The van der Waals surface area contributed by atoms with E-state index in [9.17, 15) is 14.8 Å². The van der Waals surface area contributed by atoms with Crippen molar-refractivity contribution in [2.24, 2.45) is 5.11 Å². The van der Waals surface area contributed by atoms with Crippen LogP contribution in [0.1, 0.15) is 36.7 Å². The van der Waals surface area contributed by atoms with Crippen molar-refractivity contribution in [2.45, 2.75) is 33.3 Å². The van der Waals surface area contributed by atoms with E-state index in [1.54, 1.807) is 27.7 Å². The molecule has 0 fully saturated rings. The SMILES string of the molecule is Cc1c(N=[N+]=[N-])cc(C(=O)OC(C)(C)C)cc1B(O)O. The van der Waals surface area contributed by atoms with Crippen molar-refractivity contribution >= 4 is 24.2 Å². The molecule has 0 saturated carbocycles. The fourth-order valence-electron chi connectivity index (χ4n) is 1.60. The van der Waals surface area contributed by atoms with Crippen LogP contribution in [-0.4, -0.2) is 28.7 Å². The Morgan fingerprint density at radius 3 is 2.45 bits per heavy atom. The number of esters is 1. The van der Waals surface area contributed by atoms with Crippen molar-refractivity contribution in [3.05, 3.63) is 33.7 Å². The molecular formula is C12H16BN3O4. The van der Waals surface area contributed by atoms with Crippen LogP contribution in [0.4, 0.5) is 5.69 Å². The third kappa shape index (κ3) is 3.99. The molecule has 1 aromatic carbocycles. The van der Waals surface area contributed by atoms with E-state index in [0.717, 1.165) is 0 Å². The second-order valence-electron chi connectivity index (χ2n) is 5.27. The minimum atomic E-state index is -1.77. The standard InChI is InChI=1S/C12H16BN3O4/c1-7-9(13(18)19)5-8(6-10(7)15-16-14)11(17)20-12(2,3)4/h5-6,18-19H,1-4H3. The maximum Gasteiger partial charge on any atom is 0.488 e. The predicted octanol–water partition coefficient (Wildman–Crippen LogP) is 1.57. The first kappa shape index (κ1) is 16.0. The number of rotatable bonds is 3. The predicted molar refractivity (Wildman–Crippen MR) is 75.0 cm³/mol. The van der Waals surface area contributed by atoms with Crippen LogP contribution in [0.3, 0.4) is 0 Å². The zero-order valence-corrected chi connectivity index (χ0v) is 11.8. The largest absolute Gasteiger partial charge is 0.488 e. The summed E-state index contributed by atoms with van der Waals surface area (Å²) < 4.78 is 5.19. The molecule has 0 aliphatic rings. The van der Waals surface area contributed by atoms with E-state index in [0.29, 0.717) is 5.56 Å². The fourth-order valence-corrected chi connectivity index (χ4v) is 1.60. The van der Waals surface area contributed by atoms with Crippen molar-refractivity contribution < 1.29 is 19.6 Å². The van der Waals surface area contributed by atoms with E-state index in [2.05, 4.69) is 10.0 Å². The molecule has 106 valence electrons. The summed E-state index contributed by atoms with van der Waals surface area (Å²) in [6, 6.07) is 2.67. The van der Waals surface area contributed by atoms with Gasteiger partial charge in [0.05, 0.1) is 5.56 Å². The first-order valence-electron chi connectivity index (χ1n) is 5.95. The number of carbonyl (C=O) groups excluding carboxylic acids is 1. The van der Waals surface area contributed by atoms with Crippen molar-refractivity contribution in [1.82, 2.24) is 0 Å². The van der Waals surface area contributed by atoms with Crippen molar-refractivity contribution in [3.63, 3.8) is 0 Å². The summed E-state index contributed by atoms with van der Waals surface area (Å²) in [5, 5.41) is 22.0. The Morgan fingerprint density at radius 1 is 1.40 bits per heavy atom. The number of hydrogen-bond donors (Lipinski definition) is 2. The van der Waals surface area contributed by atoms with E-state index in [1.807, 2.05) is 0 Å². The number of carbonyl (C=O) groups is 1. The highest BCUT2D eigenvalue weighted by molar-refractivity contribution is 6.59. The zero-order valence-electron chi connectivity index (χ0n) is 11.8. The molecule has 1 aromatic rings. The monoisotopic (exact) mass is 277 g/mol. The van der Waals surface area contributed by atoms with Gasteiger partial charge in [0.2, 0.25) is 0 Å². The summed E-state index contributed by atoms with van der Waals surface area (Å²) in [6.07, 6.45) is 0. The Balaban J connectivity index is 3.34. The second kappa shape index (κ2) is 5.96. The van der Waals surface area contributed by atoms with Gasteiger partial charge in [-0.25, -0.2) is 4.79 Å². The molecule has 0 heterocycles. The number of nitrogens with zero attached hydrogens (tertiary/aromatic N) is 3. The van der Waals surface area contributed by atoms with Crippen LogP contribution >= 0.6 is 0 Å². The van der Waals surface area contributed by atoms with Gasteiger partial charge in [-0.1, -0.05) is 5.11 Å². The lowest BCUT2D eigenvalue weighted by atomic mass is 9.76. The van der Waals surface area contributed by atoms with Gasteiger partial charge < -0.3 is 14.8 Å². The van der Waals surface area contributed by atoms with E-state index in [4.69, 9.17) is 10.3 Å². The Bertz CT molecular complexity index is 575. The van der Waals surface area contributed by atoms with Gasteiger partial charge in [-0.3, -0.25) is 0 Å². The highest BCUT2D eigenvalue weighted by Gasteiger charge is 2.23. The maximum atomic E-state index is 12.0. The molecule has 8 heteroatoms. The van der Waals surface area contributed by atoms with Crippen LogP contribution in [0.5, 0.6) is 0 Å². The molecule has 0 aromatic heterocycles. The molecule has 2 N–H and O–H groups in total. The Hall–Kier alpha value is -2.02. The molecule has 0 atom stereocenters. The lowest BCUT2D eigenvalue weighted by Crippen LogP contribution is -2.33. The van der Waals surface area contributed by atoms with Gasteiger partial charge in [0.1, 0.15) is 5.60 Å². The van der Waals surface area contributed by atoms with Crippen LogP contribution in [-0.2, 0) is 4.74 Å². The van der Waals surface area contributed by atoms with Gasteiger partial charge >= 0.3 is 13.1 Å². The number of hydrogen-bond acceptors (Lipinski definition) is 5.